The second kappa shape index (κ2) is 8.52. The zero-order valence-electron chi connectivity index (χ0n) is 17.7. The van der Waals surface area contributed by atoms with Gasteiger partial charge in [-0.2, -0.15) is 0 Å². The maximum absolute atomic E-state index is 14.5. The van der Waals surface area contributed by atoms with Gasteiger partial charge in [0.15, 0.2) is 5.13 Å². The van der Waals surface area contributed by atoms with Crippen LogP contribution in [0.2, 0.25) is 0 Å². The molecule has 0 saturated heterocycles. The van der Waals surface area contributed by atoms with Gasteiger partial charge in [-0.3, -0.25) is 19.0 Å². The molecule has 0 atom stereocenters. The SMILES string of the molecule is CC(=O)Nc1ccc(-c2csc(NC(=O)Cn3cnc4c(oc5ccccc54)c3=O)n2)c(F)c1. The van der Waals surface area contributed by atoms with E-state index in [0.717, 1.165) is 21.3 Å². The summed E-state index contributed by atoms with van der Waals surface area (Å²) in [7, 11) is 0. The predicted octanol–water partition coefficient (Wildman–Crippen LogP) is 4.00. The molecule has 11 heteroatoms. The van der Waals surface area contributed by atoms with E-state index in [9.17, 15) is 18.8 Å². The van der Waals surface area contributed by atoms with Gasteiger partial charge in [0, 0.05) is 28.9 Å². The Morgan fingerprint density at radius 3 is 2.79 bits per heavy atom. The summed E-state index contributed by atoms with van der Waals surface area (Å²) in [4.78, 5) is 45.0. The van der Waals surface area contributed by atoms with E-state index in [1.807, 2.05) is 6.07 Å². The molecule has 0 saturated carbocycles. The fraction of sp³-hybridized carbons (Fsp3) is 0.0870. The average molecular weight is 477 g/mol. The maximum Gasteiger partial charge on any atom is 0.297 e. The average Bonchev–Trinajstić information content (AvgIpc) is 3.40. The van der Waals surface area contributed by atoms with Crippen LogP contribution in [0.3, 0.4) is 0 Å². The molecule has 5 aromatic rings. The highest BCUT2D eigenvalue weighted by molar-refractivity contribution is 7.14. The number of carbonyl (C=O) groups excluding carboxylic acids is 2. The minimum atomic E-state index is -0.564. The molecule has 34 heavy (non-hydrogen) atoms. The van der Waals surface area contributed by atoms with Crippen molar-refractivity contribution in [3.8, 4) is 11.3 Å². The fourth-order valence-electron chi connectivity index (χ4n) is 3.50. The number of benzene rings is 2. The van der Waals surface area contributed by atoms with Gasteiger partial charge < -0.3 is 15.1 Å². The Morgan fingerprint density at radius 2 is 2.00 bits per heavy atom. The molecule has 0 fully saturated rings. The lowest BCUT2D eigenvalue weighted by molar-refractivity contribution is -0.117. The van der Waals surface area contributed by atoms with Crippen molar-refractivity contribution in [3.63, 3.8) is 0 Å². The topological polar surface area (TPSA) is 119 Å². The number of thiazole rings is 1. The highest BCUT2D eigenvalue weighted by atomic mass is 32.1. The number of aromatic nitrogens is 3. The molecule has 0 bridgehead atoms. The largest absolute Gasteiger partial charge is 0.448 e. The third kappa shape index (κ3) is 4.04. The van der Waals surface area contributed by atoms with Crippen LogP contribution in [0.25, 0.3) is 33.3 Å². The lowest BCUT2D eigenvalue weighted by Crippen LogP contribution is -2.27. The van der Waals surface area contributed by atoms with Crippen LogP contribution in [0.15, 0.2) is 63.4 Å². The summed E-state index contributed by atoms with van der Waals surface area (Å²) < 4.78 is 21.2. The first kappa shape index (κ1) is 21.5. The van der Waals surface area contributed by atoms with Gasteiger partial charge in [-0.05, 0) is 30.3 Å². The summed E-state index contributed by atoms with van der Waals surface area (Å²) in [6.45, 7) is 1.04. The molecule has 5 rings (SSSR count). The number of furan rings is 1. The highest BCUT2D eigenvalue weighted by Gasteiger charge is 2.16. The number of nitrogens with one attached hydrogen (secondary N) is 2. The predicted molar refractivity (Wildman–Crippen MR) is 126 cm³/mol. The quantitative estimate of drug-likeness (QED) is 0.395. The first-order valence-corrected chi connectivity index (χ1v) is 11.0. The smallest absolute Gasteiger partial charge is 0.297 e. The third-order valence-electron chi connectivity index (χ3n) is 4.98. The van der Waals surface area contributed by atoms with Crippen LogP contribution < -0.4 is 16.2 Å². The lowest BCUT2D eigenvalue weighted by atomic mass is 10.1. The summed E-state index contributed by atoms with van der Waals surface area (Å²) >= 11 is 1.12. The lowest BCUT2D eigenvalue weighted by Gasteiger charge is -2.05. The zero-order chi connectivity index (χ0) is 23.8. The summed E-state index contributed by atoms with van der Waals surface area (Å²) in [6, 6.07) is 11.4. The van der Waals surface area contributed by atoms with E-state index >= 15 is 0 Å². The Kier molecular flexibility index (Phi) is 5.38. The Morgan fingerprint density at radius 1 is 1.18 bits per heavy atom. The minimum Gasteiger partial charge on any atom is -0.448 e. The molecule has 0 radical (unpaired) electrons. The molecule has 3 aromatic heterocycles. The monoisotopic (exact) mass is 477 g/mol. The molecule has 0 aliphatic carbocycles. The number of carbonyl (C=O) groups is 2. The Labute approximate surface area is 194 Å². The van der Waals surface area contributed by atoms with Crippen molar-refractivity contribution >= 4 is 56.0 Å². The minimum absolute atomic E-state index is 0.0752. The summed E-state index contributed by atoms with van der Waals surface area (Å²) in [5.41, 5.74) is 1.46. The Hall–Kier alpha value is -4.38. The number of anilines is 2. The number of hydrogen-bond donors (Lipinski definition) is 2. The zero-order valence-corrected chi connectivity index (χ0v) is 18.5. The number of rotatable bonds is 5. The van der Waals surface area contributed by atoms with Gasteiger partial charge in [0.05, 0.1) is 12.0 Å². The van der Waals surface area contributed by atoms with Crippen molar-refractivity contribution in [2.24, 2.45) is 0 Å². The van der Waals surface area contributed by atoms with Gasteiger partial charge in [-0.25, -0.2) is 14.4 Å². The van der Waals surface area contributed by atoms with E-state index in [2.05, 4.69) is 20.6 Å². The van der Waals surface area contributed by atoms with Gasteiger partial charge in [0.25, 0.3) is 5.56 Å². The second-order valence-corrected chi connectivity index (χ2v) is 8.27. The fourth-order valence-corrected chi connectivity index (χ4v) is 4.23. The van der Waals surface area contributed by atoms with Crippen LogP contribution in [0.1, 0.15) is 6.92 Å². The van der Waals surface area contributed by atoms with Crippen LogP contribution in [0, 0.1) is 5.82 Å². The highest BCUT2D eigenvalue weighted by Crippen LogP contribution is 2.29. The van der Waals surface area contributed by atoms with Crippen molar-refractivity contribution < 1.29 is 18.4 Å². The van der Waals surface area contributed by atoms with Crippen LogP contribution in [0.5, 0.6) is 0 Å². The first-order valence-electron chi connectivity index (χ1n) is 10.1. The normalized spacial score (nSPS) is 11.1. The van der Waals surface area contributed by atoms with Crippen molar-refractivity contribution in [2.45, 2.75) is 13.5 Å². The van der Waals surface area contributed by atoms with Crippen molar-refractivity contribution in [1.29, 1.82) is 0 Å². The molecule has 0 aliphatic heterocycles. The van der Waals surface area contributed by atoms with Crippen molar-refractivity contribution in [3.05, 3.63) is 70.3 Å². The van der Waals surface area contributed by atoms with Crippen LogP contribution in [-0.4, -0.2) is 26.3 Å². The summed E-state index contributed by atoms with van der Waals surface area (Å²) in [5, 5.41) is 7.68. The van der Waals surface area contributed by atoms with E-state index in [1.54, 1.807) is 29.6 Å². The van der Waals surface area contributed by atoms with Gasteiger partial charge in [0.1, 0.15) is 23.5 Å². The van der Waals surface area contributed by atoms with E-state index < -0.39 is 17.3 Å². The van der Waals surface area contributed by atoms with E-state index in [0.29, 0.717) is 22.5 Å². The number of amides is 2. The Balaban J connectivity index is 1.33. The van der Waals surface area contributed by atoms with Crippen LogP contribution in [0.4, 0.5) is 15.2 Å². The summed E-state index contributed by atoms with van der Waals surface area (Å²) in [5.74, 6) is -1.37. The van der Waals surface area contributed by atoms with E-state index in [4.69, 9.17) is 4.42 Å². The first-order chi connectivity index (χ1) is 16.4. The van der Waals surface area contributed by atoms with Gasteiger partial charge in [-0.15, -0.1) is 11.3 Å². The Bertz CT molecular complexity index is 1640. The maximum atomic E-state index is 14.5. The molecule has 2 N–H and O–H groups in total. The molecule has 9 nitrogen and oxygen atoms in total. The molecule has 0 spiro atoms. The number of halogens is 1. The van der Waals surface area contributed by atoms with E-state index in [-0.39, 0.29) is 28.7 Å². The number of nitrogens with zero attached hydrogens (tertiary/aromatic N) is 3. The molecule has 3 heterocycles. The van der Waals surface area contributed by atoms with Crippen LogP contribution in [-0.2, 0) is 16.1 Å². The molecule has 2 aromatic carbocycles. The molecule has 2 amide bonds. The number of para-hydroxylation sites is 1. The summed E-state index contributed by atoms with van der Waals surface area (Å²) in [6.07, 6.45) is 1.30. The molecule has 0 aliphatic rings. The number of fused-ring (bicyclic) bond motifs is 3. The van der Waals surface area contributed by atoms with Crippen molar-refractivity contribution in [2.75, 3.05) is 10.6 Å². The second-order valence-electron chi connectivity index (χ2n) is 7.42. The van der Waals surface area contributed by atoms with E-state index in [1.165, 1.54) is 25.4 Å². The van der Waals surface area contributed by atoms with Crippen LogP contribution >= 0.6 is 11.3 Å². The van der Waals surface area contributed by atoms with Gasteiger partial charge in [-0.1, -0.05) is 12.1 Å². The standard InChI is InChI=1S/C23H16FN5O4S/c1-12(30)26-13-6-7-14(16(24)8-13)17-10-34-23(27-17)28-19(31)9-29-11-25-20-15-4-2-3-5-18(15)33-21(20)22(29)32/h2-8,10-11H,9H2,1H3,(H,26,30)(H,27,28,31). The van der Waals surface area contributed by atoms with Gasteiger partial charge in [0.2, 0.25) is 17.4 Å². The molecule has 170 valence electrons. The molecular formula is C23H16FN5O4S. The third-order valence-corrected chi connectivity index (χ3v) is 5.74. The van der Waals surface area contributed by atoms with Gasteiger partial charge >= 0.3 is 0 Å². The molecular weight excluding hydrogens is 461 g/mol. The molecule has 0 unspecified atom stereocenters. The van der Waals surface area contributed by atoms with Crippen molar-refractivity contribution in [1.82, 2.24) is 14.5 Å². The number of hydrogen-bond acceptors (Lipinski definition) is 7.